The number of hydrogen-bond acceptors (Lipinski definition) is 6. The van der Waals surface area contributed by atoms with Crippen LogP contribution in [0.25, 0.3) is 0 Å². The summed E-state index contributed by atoms with van der Waals surface area (Å²) >= 11 is 1.39. The van der Waals surface area contributed by atoms with E-state index in [4.69, 9.17) is 5.84 Å². The molecule has 82 valence electrons. The van der Waals surface area contributed by atoms with Crippen molar-refractivity contribution in [2.45, 2.75) is 12.1 Å². The second-order valence-corrected chi connectivity index (χ2v) is 3.70. The van der Waals surface area contributed by atoms with E-state index in [-0.39, 0.29) is 5.97 Å². The molecule has 0 atom stereocenters. The number of rotatable bonds is 4. The Labute approximate surface area is 91.5 Å². The number of methoxy groups -OCH3 is 1. The first-order chi connectivity index (χ1) is 7.15. The van der Waals surface area contributed by atoms with Gasteiger partial charge in [0.2, 0.25) is 5.16 Å². The highest BCUT2D eigenvalue weighted by Crippen LogP contribution is 2.13. The van der Waals surface area contributed by atoms with E-state index in [1.165, 1.54) is 29.9 Å². The largest absolute Gasteiger partial charge is 0.466 e. The fourth-order valence-corrected chi connectivity index (χ4v) is 1.60. The minimum absolute atomic E-state index is 0.329. The van der Waals surface area contributed by atoms with E-state index in [1.807, 2.05) is 0 Å². The summed E-state index contributed by atoms with van der Waals surface area (Å²) in [6.07, 6.45) is 3.17. The highest BCUT2D eigenvalue weighted by Gasteiger charge is 2.04. The van der Waals surface area contributed by atoms with Gasteiger partial charge < -0.3 is 10.6 Å². The summed E-state index contributed by atoms with van der Waals surface area (Å²) in [7, 11) is 1.35. The molecule has 0 aliphatic heterocycles. The molecule has 15 heavy (non-hydrogen) atoms. The van der Waals surface area contributed by atoms with Gasteiger partial charge in [-0.3, -0.25) is 0 Å². The number of hydrogen-bond donors (Lipinski definition) is 1. The van der Waals surface area contributed by atoms with Crippen LogP contribution in [0.2, 0.25) is 0 Å². The minimum Gasteiger partial charge on any atom is -0.466 e. The van der Waals surface area contributed by atoms with Gasteiger partial charge in [-0.15, -0.1) is 10.2 Å². The van der Waals surface area contributed by atoms with Crippen molar-refractivity contribution in [3.05, 3.63) is 18.0 Å². The minimum atomic E-state index is -0.329. The average molecular weight is 228 g/mol. The van der Waals surface area contributed by atoms with E-state index in [2.05, 4.69) is 14.9 Å². The first kappa shape index (κ1) is 11.6. The predicted molar refractivity (Wildman–Crippen MR) is 56.7 cm³/mol. The van der Waals surface area contributed by atoms with Gasteiger partial charge in [0.1, 0.15) is 6.33 Å². The van der Waals surface area contributed by atoms with Gasteiger partial charge in [0.25, 0.3) is 0 Å². The summed E-state index contributed by atoms with van der Waals surface area (Å²) in [6, 6.07) is 0. The molecule has 0 aliphatic rings. The van der Waals surface area contributed by atoms with Gasteiger partial charge in [-0.1, -0.05) is 17.8 Å². The van der Waals surface area contributed by atoms with Crippen LogP contribution in [0.3, 0.4) is 0 Å². The summed E-state index contributed by atoms with van der Waals surface area (Å²) < 4.78 is 5.87. The van der Waals surface area contributed by atoms with Crippen LogP contribution in [0.4, 0.5) is 0 Å². The fourth-order valence-electron chi connectivity index (χ4n) is 0.821. The van der Waals surface area contributed by atoms with E-state index in [0.717, 1.165) is 0 Å². The molecular weight excluding hydrogens is 216 g/mol. The molecule has 0 saturated heterocycles. The summed E-state index contributed by atoms with van der Waals surface area (Å²) in [6.45, 7) is 1.69. The van der Waals surface area contributed by atoms with E-state index in [1.54, 1.807) is 13.0 Å². The molecule has 1 aromatic heterocycles. The number of carbonyl (C=O) groups is 1. The number of ether oxygens (including phenoxy) is 1. The third kappa shape index (κ3) is 3.28. The van der Waals surface area contributed by atoms with Crippen molar-refractivity contribution >= 4 is 17.7 Å². The highest BCUT2D eigenvalue weighted by atomic mass is 32.2. The molecule has 0 bridgehead atoms. The van der Waals surface area contributed by atoms with Gasteiger partial charge in [0.05, 0.1) is 7.11 Å². The maximum Gasteiger partial charge on any atom is 0.333 e. The Kier molecular flexibility index (Phi) is 4.17. The number of aromatic nitrogens is 3. The van der Waals surface area contributed by atoms with Crippen molar-refractivity contribution in [1.29, 1.82) is 0 Å². The lowest BCUT2D eigenvalue weighted by Crippen LogP contribution is -2.07. The summed E-state index contributed by atoms with van der Waals surface area (Å²) in [4.78, 5) is 11.0. The molecule has 0 spiro atoms. The molecule has 0 aromatic carbocycles. The first-order valence-corrected chi connectivity index (χ1v) is 5.16. The lowest BCUT2D eigenvalue weighted by atomic mass is 10.3. The third-order valence-electron chi connectivity index (χ3n) is 1.65. The van der Waals surface area contributed by atoms with Crippen LogP contribution in [0.1, 0.15) is 6.92 Å². The number of esters is 1. The van der Waals surface area contributed by atoms with Crippen LogP contribution in [0.15, 0.2) is 23.1 Å². The smallest absolute Gasteiger partial charge is 0.333 e. The van der Waals surface area contributed by atoms with Crippen LogP contribution in [-0.2, 0) is 9.53 Å². The van der Waals surface area contributed by atoms with Gasteiger partial charge in [-0.25, -0.2) is 9.47 Å². The molecule has 1 rings (SSSR count). The molecule has 0 aliphatic carbocycles. The summed E-state index contributed by atoms with van der Waals surface area (Å²) in [5.41, 5.74) is 0.563. The Morgan fingerprint density at radius 1 is 1.80 bits per heavy atom. The fraction of sp³-hybridized carbons (Fsp3) is 0.375. The van der Waals surface area contributed by atoms with Gasteiger partial charge in [-0.2, -0.15) is 0 Å². The maximum absolute atomic E-state index is 11.0. The van der Waals surface area contributed by atoms with Crippen molar-refractivity contribution in [1.82, 2.24) is 14.9 Å². The van der Waals surface area contributed by atoms with Crippen LogP contribution < -0.4 is 5.84 Å². The number of nitrogens with two attached hydrogens (primary N) is 1. The SMILES string of the molecule is COC(=O)C(C)=CCSc1nncn1N. The second kappa shape index (κ2) is 5.40. The quantitative estimate of drug-likeness (QED) is 0.343. The van der Waals surface area contributed by atoms with E-state index >= 15 is 0 Å². The number of thioether (sulfide) groups is 1. The molecule has 0 radical (unpaired) electrons. The Morgan fingerprint density at radius 3 is 3.07 bits per heavy atom. The molecule has 7 heteroatoms. The maximum atomic E-state index is 11.0. The van der Waals surface area contributed by atoms with Crippen molar-refractivity contribution in [2.24, 2.45) is 0 Å². The van der Waals surface area contributed by atoms with Crippen LogP contribution in [0, 0.1) is 0 Å². The first-order valence-electron chi connectivity index (χ1n) is 4.18. The van der Waals surface area contributed by atoms with Crippen LogP contribution >= 0.6 is 11.8 Å². The molecule has 0 saturated carbocycles. The van der Waals surface area contributed by atoms with Gasteiger partial charge in [0.15, 0.2) is 0 Å². The Morgan fingerprint density at radius 2 is 2.53 bits per heavy atom. The lowest BCUT2D eigenvalue weighted by molar-refractivity contribution is -0.136. The number of nitrogen functional groups attached to an aromatic ring is 1. The molecule has 1 aromatic rings. The third-order valence-corrected chi connectivity index (χ3v) is 2.53. The molecule has 2 N–H and O–H groups in total. The van der Waals surface area contributed by atoms with Gasteiger partial charge in [-0.05, 0) is 6.92 Å². The molecule has 0 unspecified atom stereocenters. The van der Waals surface area contributed by atoms with Gasteiger partial charge in [0, 0.05) is 11.3 Å². The van der Waals surface area contributed by atoms with Crippen molar-refractivity contribution in [3.8, 4) is 0 Å². The lowest BCUT2D eigenvalue weighted by Gasteiger charge is -1.99. The van der Waals surface area contributed by atoms with E-state index < -0.39 is 0 Å². The topological polar surface area (TPSA) is 83.0 Å². The molecular formula is C8H12N4O2S. The zero-order chi connectivity index (χ0) is 11.3. The van der Waals surface area contributed by atoms with Crippen molar-refractivity contribution < 1.29 is 9.53 Å². The number of carbonyl (C=O) groups excluding carboxylic acids is 1. The molecule has 1 heterocycles. The van der Waals surface area contributed by atoms with Gasteiger partial charge >= 0.3 is 5.97 Å². The Hall–Kier alpha value is -1.50. The second-order valence-electron chi connectivity index (χ2n) is 2.71. The Bertz CT molecular complexity index is 374. The van der Waals surface area contributed by atoms with Crippen molar-refractivity contribution in [3.63, 3.8) is 0 Å². The van der Waals surface area contributed by atoms with Crippen LogP contribution in [0.5, 0.6) is 0 Å². The molecule has 0 fully saturated rings. The summed E-state index contributed by atoms with van der Waals surface area (Å²) in [5.74, 6) is 5.77. The average Bonchev–Trinajstić information content (AvgIpc) is 2.63. The zero-order valence-corrected chi connectivity index (χ0v) is 9.32. The van der Waals surface area contributed by atoms with E-state index in [0.29, 0.717) is 16.5 Å². The standard InChI is InChI=1S/C8H12N4O2S/c1-6(7(13)14-2)3-4-15-8-11-10-5-12(8)9/h3,5H,4,9H2,1-2H3. The predicted octanol–water partition coefficient (Wildman–Crippen LogP) is 0.203. The number of nitrogens with zero attached hydrogens (tertiary/aromatic N) is 3. The zero-order valence-electron chi connectivity index (χ0n) is 8.51. The molecule has 0 amide bonds. The monoisotopic (exact) mass is 228 g/mol. The van der Waals surface area contributed by atoms with Crippen LogP contribution in [-0.4, -0.2) is 33.7 Å². The normalized spacial score (nSPS) is 11.5. The molecule has 6 nitrogen and oxygen atoms in total. The van der Waals surface area contributed by atoms with E-state index in [9.17, 15) is 4.79 Å². The Balaban J connectivity index is 2.45. The highest BCUT2D eigenvalue weighted by molar-refractivity contribution is 7.99. The van der Waals surface area contributed by atoms with Crippen molar-refractivity contribution in [2.75, 3.05) is 18.7 Å². The summed E-state index contributed by atoms with van der Waals surface area (Å²) in [5, 5.41) is 8.01.